The highest BCUT2D eigenvalue weighted by Crippen LogP contribution is 2.30. The predicted octanol–water partition coefficient (Wildman–Crippen LogP) is 5.41. The van der Waals surface area contributed by atoms with E-state index in [0.29, 0.717) is 12.5 Å². The Kier molecular flexibility index (Phi) is 7.60. The highest BCUT2D eigenvalue weighted by atomic mass is 35.5. The summed E-state index contributed by atoms with van der Waals surface area (Å²) in [6.45, 7) is 3.95. The number of likely N-dealkylation sites (tertiary alicyclic amines) is 1. The van der Waals surface area contributed by atoms with Crippen LogP contribution in [0, 0.1) is 5.92 Å². The van der Waals surface area contributed by atoms with Gasteiger partial charge >= 0.3 is 0 Å². The Bertz CT molecular complexity index is 975. The van der Waals surface area contributed by atoms with E-state index in [1.807, 2.05) is 30.3 Å². The van der Waals surface area contributed by atoms with Crippen LogP contribution in [0.3, 0.4) is 0 Å². The van der Waals surface area contributed by atoms with Gasteiger partial charge in [-0.1, -0.05) is 24.1 Å². The van der Waals surface area contributed by atoms with Crippen molar-refractivity contribution in [2.45, 2.75) is 32.1 Å². The first-order valence-corrected chi connectivity index (χ1v) is 11.5. The van der Waals surface area contributed by atoms with Crippen molar-refractivity contribution in [1.82, 2.24) is 14.9 Å². The second kappa shape index (κ2) is 10.8. The summed E-state index contributed by atoms with van der Waals surface area (Å²) in [4.78, 5) is 11.2. The molecule has 0 unspecified atom stereocenters. The second-order valence-electron chi connectivity index (χ2n) is 8.16. The molecule has 0 N–H and O–H groups in total. The number of nitrogens with zero attached hydrogens (tertiary/aromatic N) is 3. The fraction of sp³-hybridized carbons (Fsp3) is 0.440. The molecule has 0 spiro atoms. The quantitative estimate of drug-likeness (QED) is 0.446. The molecule has 4 rings (SSSR count). The third-order valence-corrected chi connectivity index (χ3v) is 6.50. The van der Waals surface area contributed by atoms with Gasteiger partial charge in [0, 0.05) is 30.4 Å². The van der Waals surface area contributed by atoms with E-state index in [4.69, 9.17) is 21.1 Å². The maximum absolute atomic E-state index is 6.51. The molecule has 1 aliphatic rings. The lowest BCUT2D eigenvalue weighted by molar-refractivity contribution is 0.149. The zero-order chi connectivity index (χ0) is 21.5. The SMILES string of the molecule is COc1ccc2ncc(Cl)c(CCCC3CCN(CCOc4ccccn4)CC3)c2c1. The van der Waals surface area contributed by atoms with Crippen molar-refractivity contribution in [2.75, 3.05) is 33.4 Å². The summed E-state index contributed by atoms with van der Waals surface area (Å²) in [5, 5.41) is 1.86. The number of piperidine rings is 1. The van der Waals surface area contributed by atoms with Crippen LogP contribution >= 0.6 is 11.6 Å². The summed E-state index contributed by atoms with van der Waals surface area (Å²) < 4.78 is 11.1. The molecule has 5 nitrogen and oxygen atoms in total. The molecule has 31 heavy (non-hydrogen) atoms. The first-order chi connectivity index (χ1) is 15.2. The van der Waals surface area contributed by atoms with Gasteiger partial charge in [-0.15, -0.1) is 0 Å². The standard InChI is InChI=1S/C25H30ClN3O2/c1-30-20-8-9-24-22(17-20)21(23(26)18-28-24)6-4-5-19-10-13-29(14-11-19)15-16-31-25-7-2-3-12-27-25/h2-3,7-9,12,17-19H,4-6,10-11,13-16H2,1H3. The maximum atomic E-state index is 6.51. The zero-order valence-electron chi connectivity index (χ0n) is 18.1. The molecule has 164 valence electrons. The van der Waals surface area contributed by atoms with Gasteiger partial charge in [0.05, 0.1) is 17.6 Å². The molecule has 3 aromatic rings. The molecule has 1 saturated heterocycles. The average molecular weight is 440 g/mol. The van der Waals surface area contributed by atoms with Gasteiger partial charge in [-0.2, -0.15) is 0 Å². The molecule has 1 aliphatic heterocycles. The lowest BCUT2D eigenvalue weighted by atomic mass is 9.90. The van der Waals surface area contributed by atoms with Crippen molar-refractivity contribution in [3.63, 3.8) is 0 Å². The number of hydrogen-bond acceptors (Lipinski definition) is 5. The van der Waals surface area contributed by atoms with Gasteiger partial charge in [0.25, 0.3) is 0 Å². The number of methoxy groups -OCH3 is 1. The smallest absolute Gasteiger partial charge is 0.213 e. The van der Waals surface area contributed by atoms with Crippen molar-refractivity contribution in [3.05, 3.63) is 59.4 Å². The van der Waals surface area contributed by atoms with Crippen molar-refractivity contribution >= 4 is 22.5 Å². The molecule has 0 aliphatic carbocycles. The molecule has 3 heterocycles. The van der Waals surface area contributed by atoms with E-state index >= 15 is 0 Å². The van der Waals surface area contributed by atoms with Crippen LogP contribution in [0.4, 0.5) is 0 Å². The molecular weight excluding hydrogens is 410 g/mol. The molecule has 0 bridgehead atoms. The normalized spacial score (nSPS) is 15.3. The molecule has 1 aromatic carbocycles. The van der Waals surface area contributed by atoms with Crippen LogP contribution in [-0.4, -0.2) is 48.2 Å². The summed E-state index contributed by atoms with van der Waals surface area (Å²) in [6, 6.07) is 11.8. The van der Waals surface area contributed by atoms with Crippen LogP contribution in [0.2, 0.25) is 5.02 Å². The summed E-state index contributed by atoms with van der Waals surface area (Å²) in [7, 11) is 1.69. The van der Waals surface area contributed by atoms with Crippen molar-refractivity contribution in [3.8, 4) is 11.6 Å². The molecule has 0 saturated carbocycles. The van der Waals surface area contributed by atoms with Crippen LogP contribution in [0.15, 0.2) is 48.8 Å². The number of hydrogen-bond donors (Lipinski definition) is 0. The lowest BCUT2D eigenvalue weighted by Gasteiger charge is -2.31. The second-order valence-corrected chi connectivity index (χ2v) is 8.57. The number of benzene rings is 1. The molecule has 6 heteroatoms. The fourth-order valence-electron chi connectivity index (χ4n) is 4.36. The Labute approximate surface area is 189 Å². The van der Waals surface area contributed by atoms with E-state index in [0.717, 1.165) is 60.1 Å². The Morgan fingerprint density at radius 3 is 2.77 bits per heavy atom. The summed E-state index contributed by atoms with van der Waals surface area (Å²) in [6.07, 6.45) is 9.40. The number of rotatable bonds is 9. The minimum Gasteiger partial charge on any atom is -0.497 e. The van der Waals surface area contributed by atoms with Crippen LogP contribution in [0.1, 0.15) is 31.2 Å². The van der Waals surface area contributed by atoms with Gasteiger partial charge in [-0.05, 0) is 74.5 Å². The lowest BCUT2D eigenvalue weighted by Crippen LogP contribution is -2.36. The molecular formula is C25H30ClN3O2. The van der Waals surface area contributed by atoms with Crippen LogP contribution in [0.25, 0.3) is 10.9 Å². The van der Waals surface area contributed by atoms with E-state index in [1.165, 1.54) is 24.8 Å². The molecule has 2 aromatic heterocycles. The van der Waals surface area contributed by atoms with Crippen molar-refractivity contribution < 1.29 is 9.47 Å². The first-order valence-electron chi connectivity index (χ1n) is 11.1. The van der Waals surface area contributed by atoms with E-state index in [2.05, 4.69) is 20.9 Å². The van der Waals surface area contributed by atoms with Gasteiger partial charge in [-0.25, -0.2) is 4.98 Å². The zero-order valence-corrected chi connectivity index (χ0v) is 18.9. The minimum atomic E-state index is 0.693. The summed E-state index contributed by atoms with van der Waals surface area (Å²) in [5.74, 6) is 2.34. The first kappa shape index (κ1) is 21.8. The molecule has 0 amide bonds. The summed E-state index contributed by atoms with van der Waals surface area (Å²) in [5.41, 5.74) is 2.16. The summed E-state index contributed by atoms with van der Waals surface area (Å²) >= 11 is 6.51. The fourth-order valence-corrected chi connectivity index (χ4v) is 4.61. The average Bonchev–Trinajstić information content (AvgIpc) is 2.82. The Morgan fingerprint density at radius 1 is 1.13 bits per heavy atom. The molecule has 0 radical (unpaired) electrons. The number of aryl methyl sites for hydroxylation is 1. The predicted molar refractivity (Wildman–Crippen MR) is 125 cm³/mol. The van der Waals surface area contributed by atoms with Gasteiger partial charge in [0.2, 0.25) is 5.88 Å². The van der Waals surface area contributed by atoms with Crippen LogP contribution < -0.4 is 9.47 Å². The van der Waals surface area contributed by atoms with Crippen LogP contribution in [-0.2, 0) is 6.42 Å². The monoisotopic (exact) mass is 439 g/mol. The van der Waals surface area contributed by atoms with Gasteiger partial charge in [0.1, 0.15) is 12.4 Å². The van der Waals surface area contributed by atoms with Gasteiger partial charge in [-0.3, -0.25) is 9.88 Å². The molecule has 1 fully saturated rings. The van der Waals surface area contributed by atoms with Crippen molar-refractivity contribution in [1.29, 1.82) is 0 Å². The number of pyridine rings is 2. The number of ether oxygens (including phenoxy) is 2. The Balaban J connectivity index is 1.22. The maximum Gasteiger partial charge on any atom is 0.213 e. The largest absolute Gasteiger partial charge is 0.497 e. The third-order valence-electron chi connectivity index (χ3n) is 6.18. The molecule has 0 atom stereocenters. The Morgan fingerprint density at radius 2 is 2.00 bits per heavy atom. The number of fused-ring (bicyclic) bond motifs is 1. The van der Waals surface area contributed by atoms with E-state index in [9.17, 15) is 0 Å². The van der Waals surface area contributed by atoms with E-state index in [-0.39, 0.29) is 0 Å². The van der Waals surface area contributed by atoms with Gasteiger partial charge < -0.3 is 9.47 Å². The Hall–Kier alpha value is -2.37. The van der Waals surface area contributed by atoms with E-state index in [1.54, 1.807) is 19.5 Å². The van der Waals surface area contributed by atoms with Gasteiger partial charge in [0.15, 0.2) is 0 Å². The highest BCUT2D eigenvalue weighted by molar-refractivity contribution is 6.32. The topological polar surface area (TPSA) is 47.5 Å². The minimum absolute atomic E-state index is 0.693. The number of halogens is 1. The highest BCUT2D eigenvalue weighted by Gasteiger charge is 2.19. The van der Waals surface area contributed by atoms with Crippen molar-refractivity contribution in [2.24, 2.45) is 5.92 Å². The van der Waals surface area contributed by atoms with Crippen LogP contribution in [0.5, 0.6) is 11.6 Å². The van der Waals surface area contributed by atoms with E-state index < -0.39 is 0 Å². The third kappa shape index (κ3) is 5.86. The number of aromatic nitrogens is 2.